The number of nitrogens with one attached hydrogen (secondary N) is 1. The Bertz CT molecular complexity index is 625. The Labute approximate surface area is 132 Å². The highest BCUT2D eigenvalue weighted by Crippen LogP contribution is 2.24. The lowest BCUT2D eigenvalue weighted by Gasteiger charge is -2.08. The molecular formula is C16H23NO4S. The Hall–Kier alpha value is -1.40. The summed E-state index contributed by atoms with van der Waals surface area (Å²) in [4.78, 5) is 11.3. The van der Waals surface area contributed by atoms with Crippen molar-refractivity contribution < 1.29 is 17.9 Å². The summed E-state index contributed by atoms with van der Waals surface area (Å²) in [6.07, 6.45) is 5.71. The minimum Gasteiger partial charge on any atom is -0.469 e. The maximum absolute atomic E-state index is 12.2. The smallest absolute Gasteiger partial charge is 0.305 e. The lowest BCUT2D eigenvalue weighted by atomic mass is 10.1. The van der Waals surface area contributed by atoms with Crippen LogP contribution >= 0.6 is 0 Å². The molecule has 0 heterocycles. The Morgan fingerprint density at radius 1 is 1.18 bits per heavy atom. The first-order valence-electron chi connectivity index (χ1n) is 7.71. The van der Waals surface area contributed by atoms with Gasteiger partial charge in [-0.2, -0.15) is 0 Å². The molecule has 0 saturated carbocycles. The number of rotatable bonds is 8. The second-order valence-electron chi connectivity index (χ2n) is 5.57. The fourth-order valence-corrected chi connectivity index (χ4v) is 3.80. The third-order valence-electron chi connectivity index (χ3n) is 3.96. The van der Waals surface area contributed by atoms with Gasteiger partial charge in [0, 0.05) is 13.0 Å². The fourth-order valence-electron chi connectivity index (χ4n) is 2.68. The second kappa shape index (κ2) is 7.74. The van der Waals surface area contributed by atoms with Gasteiger partial charge in [-0.3, -0.25) is 4.79 Å². The maximum atomic E-state index is 12.2. The topological polar surface area (TPSA) is 72.5 Å². The first-order valence-corrected chi connectivity index (χ1v) is 9.19. The van der Waals surface area contributed by atoms with Crippen LogP contribution in [-0.4, -0.2) is 28.0 Å². The predicted octanol–water partition coefficient (Wildman–Crippen LogP) is 2.19. The van der Waals surface area contributed by atoms with Crippen LogP contribution in [0.15, 0.2) is 23.1 Å². The Morgan fingerprint density at radius 2 is 1.95 bits per heavy atom. The van der Waals surface area contributed by atoms with Gasteiger partial charge in [0.1, 0.15) is 0 Å². The molecule has 1 aliphatic carbocycles. The monoisotopic (exact) mass is 325 g/mol. The molecule has 2 rings (SSSR count). The van der Waals surface area contributed by atoms with Crippen LogP contribution in [0, 0.1) is 0 Å². The summed E-state index contributed by atoms with van der Waals surface area (Å²) in [6.45, 7) is 0.389. The number of ether oxygens (including phenoxy) is 1. The minimum atomic E-state index is -3.43. The van der Waals surface area contributed by atoms with E-state index >= 15 is 0 Å². The van der Waals surface area contributed by atoms with Gasteiger partial charge in [-0.1, -0.05) is 12.5 Å². The minimum absolute atomic E-state index is 0.223. The van der Waals surface area contributed by atoms with Crippen LogP contribution in [0.1, 0.15) is 43.2 Å². The molecule has 0 fully saturated rings. The molecule has 22 heavy (non-hydrogen) atoms. The van der Waals surface area contributed by atoms with Gasteiger partial charge in [-0.05, 0) is 55.4 Å². The van der Waals surface area contributed by atoms with Crippen molar-refractivity contribution >= 4 is 16.0 Å². The number of unbranched alkanes of at least 4 members (excludes halogenated alkanes) is 2. The van der Waals surface area contributed by atoms with E-state index in [4.69, 9.17) is 0 Å². The summed E-state index contributed by atoms with van der Waals surface area (Å²) in [5, 5.41) is 0. The zero-order valence-corrected chi connectivity index (χ0v) is 13.7. The van der Waals surface area contributed by atoms with E-state index in [1.54, 1.807) is 12.1 Å². The van der Waals surface area contributed by atoms with Gasteiger partial charge in [0.2, 0.25) is 10.0 Å². The van der Waals surface area contributed by atoms with Crippen molar-refractivity contribution in [3.05, 3.63) is 29.3 Å². The number of fused-ring (bicyclic) bond motifs is 1. The SMILES string of the molecule is COC(=O)CCCCCNS(=O)(=O)c1ccc2c(c1)CCC2. The van der Waals surface area contributed by atoms with E-state index < -0.39 is 10.0 Å². The first-order chi connectivity index (χ1) is 10.5. The van der Waals surface area contributed by atoms with Gasteiger partial charge >= 0.3 is 5.97 Å². The van der Waals surface area contributed by atoms with Gasteiger partial charge in [-0.15, -0.1) is 0 Å². The molecule has 1 aromatic carbocycles. The number of aryl methyl sites for hydroxylation is 2. The number of benzene rings is 1. The van der Waals surface area contributed by atoms with E-state index in [0.29, 0.717) is 30.7 Å². The summed E-state index contributed by atoms with van der Waals surface area (Å²) in [5.74, 6) is -0.223. The average molecular weight is 325 g/mol. The molecular weight excluding hydrogens is 302 g/mol. The van der Waals surface area contributed by atoms with Gasteiger partial charge in [0.15, 0.2) is 0 Å². The number of esters is 1. The van der Waals surface area contributed by atoms with Crippen LogP contribution in [0.5, 0.6) is 0 Å². The van der Waals surface area contributed by atoms with E-state index in [-0.39, 0.29) is 5.97 Å². The van der Waals surface area contributed by atoms with E-state index in [2.05, 4.69) is 9.46 Å². The van der Waals surface area contributed by atoms with Gasteiger partial charge in [0.25, 0.3) is 0 Å². The highest BCUT2D eigenvalue weighted by atomic mass is 32.2. The molecule has 0 spiro atoms. The van der Waals surface area contributed by atoms with Crippen molar-refractivity contribution in [2.75, 3.05) is 13.7 Å². The van der Waals surface area contributed by atoms with E-state index in [9.17, 15) is 13.2 Å². The molecule has 1 N–H and O–H groups in total. The third-order valence-corrected chi connectivity index (χ3v) is 5.42. The average Bonchev–Trinajstić information content (AvgIpc) is 2.97. The molecule has 0 saturated heterocycles. The van der Waals surface area contributed by atoms with Crippen LogP contribution in [-0.2, 0) is 32.4 Å². The summed E-state index contributed by atoms with van der Waals surface area (Å²) >= 11 is 0. The molecule has 0 aromatic heterocycles. The van der Waals surface area contributed by atoms with Gasteiger partial charge in [0.05, 0.1) is 12.0 Å². The van der Waals surface area contributed by atoms with Gasteiger partial charge < -0.3 is 4.74 Å². The third kappa shape index (κ3) is 4.55. The quantitative estimate of drug-likeness (QED) is 0.587. The molecule has 1 aromatic rings. The lowest BCUT2D eigenvalue weighted by molar-refractivity contribution is -0.140. The van der Waals surface area contributed by atoms with E-state index in [1.807, 2.05) is 6.07 Å². The zero-order chi connectivity index (χ0) is 16.0. The van der Waals surface area contributed by atoms with Crippen LogP contribution in [0.3, 0.4) is 0 Å². The van der Waals surface area contributed by atoms with E-state index in [1.165, 1.54) is 12.7 Å². The zero-order valence-electron chi connectivity index (χ0n) is 12.9. The molecule has 0 unspecified atom stereocenters. The summed E-state index contributed by atoms with van der Waals surface area (Å²) in [5.41, 5.74) is 2.42. The van der Waals surface area contributed by atoms with Crippen LogP contribution in [0.25, 0.3) is 0 Å². The number of carbonyl (C=O) groups excluding carboxylic acids is 1. The maximum Gasteiger partial charge on any atom is 0.305 e. The normalized spacial score (nSPS) is 13.9. The molecule has 0 aliphatic heterocycles. The summed E-state index contributed by atoms with van der Waals surface area (Å²) in [7, 11) is -2.06. The van der Waals surface area contributed by atoms with Crippen molar-refractivity contribution in [1.82, 2.24) is 4.72 Å². The molecule has 122 valence electrons. The molecule has 1 aliphatic rings. The van der Waals surface area contributed by atoms with Crippen LogP contribution in [0.4, 0.5) is 0 Å². The van der Waals surface area contributed by atoms with Crippen LogP contribution < -0.4 is 4.72 Å². The summed E-state index contributed by atoms with van der Waals surface area (Å²) < 4.78 is 31.6. The van der Waals surface area contributed by atoms with Crippen LogP contribution in [0.2, 0.25) is 0 Å². The predicted molar refractivity (Wildman–Crippen MR) is 84.1 cm³/mol. The van der Waals surface area contributed by atoms with Crippen molar-refractivity contribution in [1.29, 1.82) is 0 Å². The molecule has 0 amide bonds. The molecule has 5 nitrogen and oxygen atoms in total. The van der Waals surface area contributed by atoms with Crippen molar-refractivity contribution in [3.63, 3.8) is 0 Å². The van der Waals surface area contributed by atoms with E-state index in [0.717, 1.165) is 31.2 Å². The largest absolute Gasteiger partial charge is 0.469 e. The first kappa shape index (κ1) is 17.0. The number of hydrogen-bond donors (Lipinski definition) is 1. The Balaban J connectivity index is 1.78. The Morgan fingerprint density at radius 3 is 2.73 bits per heavy atom. The van der Waals surface area contributed by atoms with Gasteiger partial charge in [-0.25, -0.2) is 13.1 Å². The molecule has 6 heteroatoms. The highest BCUT2D eigenvalue weighted by molar-refractivity contribution is 7.89. The number of sulfonamides is 1. The molecule has 0 atom stereocenters. The standard InChI is InChI=1S/C16H23NO4S/c1-21-16(18)8-3-2-4-11-17-22(19,20)15-10-9-13-6-5-7-14(13)12-15/h9-10,12,17H,2-8,11H2,1H3. The molecule has 0 bridgehead atoms. The second-order valence-corrected chi connectivity index (χ2v) is 7.34. The Kier molecular flexibility index (Phi) is 5.97. The van der Waals surface area contributed by atoms with Crippen molar-refractivity contribution in [2.24, 2.45) is 0 Å². The highest BCUT2D eigenvalue weighted by Gasteiger charge is 2.17. The van der Waals surface area contributed by atoms with Crippen molar-refractivity contribution in [2.45, 2.75) is 49.8 Å². The number of carbonyl (C=O) groups is 1. The summed E-state index contributed by atoms with van der Waals surface area (Å²) in [6, 6.07) is 5.40. The fraction of sp³-hybridized carbons (Fsp3) is 0.562. The molecule has 0 radical (unpaired) electrons. The number of methoxy groups -OCH3 is 1. The van der Waals surface area contributed by atoms with Crippen molar-refractivity contribution in [3.8, 4) is 0 Å². The lowest BCUT2D eigenvalue weighted by Crippen LogP contribution is -2.25. The number of hydrogen-bond acceptors (Lipinski definition) is 4.